The molecule has 3 N–H and O–H groups in total. The average molecular weight is 277 g/mol. The fraction of sp³-hybridized carbons (Fsp3) is 0.500. The quantitative estimate of drug-likeness (QED) is 0.683. The van der Waals surface area contributed by atoms with Gasteiger partial charge < -0.3 is 15.7 Å². The van der Waals surface area contributed by atoms with Crippen molar-refractivity contribution >= 4 is 11.9 Å². The lowest BCUT2D eigenvalue weighted by Gasteiger charge is -2.13. The van der Waals surface area contributed by atoms with Crippen LogP contribution in [0.2, 0.25) is 0 Å². The summed E-state index contributed by atoms with van der Waals surface area (Å²) in [6.45, 7) is 4.68. The molecule has 20 heavy (non-hydrogen) atoms. The van der Waals surface area contributed by atoms with Crippen molar-refractivity contribution in [1.29, 1.82) is 0 Å². The second-order valence-electron chi connectivity index (χ2n) is 4.39. The number of aromatic nitrogens is 5. The maximum Gasteiger partial charge on any atom is 0.257 e. The Morgan fingerprint density at radius 1 is 1.30 bits per heavy atom. The molecule has 2 heterocycles. The standard InChI is InChI=1S/C12H19N7O/c1-3-5-13-10-16-11(15-9(2)8-20)18-12(17-10)19-7-4-6-14-19/h4,6-7,9,20H,3,5,8H2,1-2H3,(H2,13,15,16,17,18). The molecule has 108 valence electrons. The van der Waals surface area contributed by atoms with Crippen molar-refractivity contribution in [2.24, 2.45) is 0 Å². The van der Waals surface area contributed by atoms with Crippen LogP contribution < -0.4 is 10.6 Å². The van der Waals surface area contributed by atoms with Crippen LogP contribution in [0.4, 0.5) is 11.9 Å². The van der Waals surface area contributed by atoms with Crippen molar-refractivity contribution < 1.29 is 5.11 Å². The molecular formula is C12H19N7O. The molecule has 2 aromatic rings. The van der Waals surface area contributed by atoms with Gasteiger partial charge in [-0.05, 0) is 19.4 Å². The molecule has 2 rings (SSSR count). The molecule has 0 aliphatic rings. The SMILES string of the molecule is CCCNc1nc(NC(C)CO)nc(-n2cccn2)n1. The summed E-state index contributed by atoms with van der Waals surface area (Å²) in [5.41, 5.74) is 0. The number of anilines is 2. The number of aliphatic hydroxyl groups is 1. The summed E-state index contributed by atoms with van der Waals surface area (Å²) in [6, 6.07) is 1.66. The summed E-state index contributed by atoms with van der Waals surface area (Å²) in [5.74, 6) is 1.32. The van der Waals surface area contributed by atoms with Gasteiger partial charge in [0.25, 0.3) is 5.95 Å². The Bertz CT molecular complexity index is 529. The molecule has 0 saturated carbocycles. The molecule has 0 aliphatic carbocycles. The van der Waals surface area contributed by atoms with Crippen molar-refractivity contribution in [3.63, 3.8) is 0 Å². The third-order valence-corrected chi connectivity index (χ3v) is 2.52. The van der Waals surface area contributed by atoms with Crippen molar-refractivity contribution in [1.82, 2.24) is 24.7 Å². The Morgan fingerprint density at radius 3 is 2.75 bits per heavy atom. The lowest BCUT2D eigenvalue weighted by Crippen LogP contribution is -2.22. The molecule has 0 saturated heterocycles. The van der Waals surface area contributed by atoms with Crippen LogP contribution in [0.5, 0.6) is 0 Å². The number of hydrogen-bond donors (Lipinski definition) is 3. The van der Waals surface area contributed by atoms with Gasteiger partial charge in [0, 0.05) is 25.0 Å². The Morgan fingerprint density at radius 2 is 2.10 bits per heavy atom. The molecule has 1 atom stereocenters. The van der Waals surface area contributed by atoms with E-state index in [1.54, 1.807) is 23.1 Å². The molecule has 0 aliphatic heterocycles. The molecule has 1 unspecified atom stereocenters. The summed E-state index contributed by atoms with van der Waals surface area (Å²) in [6.07, 6.45) is 4.39. The predicted molar refractivity (Wildman–Crippen MR) is 75.9 cm³/mol. The van der Waals surface area contributed by atoms with E-state index in [-0.39, 0.29) is 12.6 Å². The molecule has 0 radical (unpaired) electrons. The summed E-state index contributed by atoms with van der Waals surface area (Å²) in [5, 5.41) is 19.3. The number of nitrogens with one attached hydrogen (secondary N) is 2. The van der Waals surface area contributed by atoms with Crippen LogP contribution in [0, 0.1) is 0 Å². The molecule has 0 fully saturated rings. The number of rotatable bonds is 7. The maximum atomic E-state index is 9.09. The van der Waals surface area contributed by atoms with Crippen LogP contribution in [-0.4, -0.2) is 49.0 Å². The first-order valence-electron chi connectivity index (χ1n) is 6.60. The van der Waals surface area contributed by atoms with Gasteiger partial charge in [0.2, 0.25) is 11.9 Å². The van der Waals surface area contributed by atoms with E-state index >= 15 is 0 Å². The normalized spacial score (nSPS) is 12.2. The summed E-state index contributed by atoms with van der Waals surface area (Å²) < 4.78 is 1.56. The molecule has 0 bridgehead atoms. The molecule has 0 spiro atoms. The Labute approximate surface area is 117 Å². The smallest absolute Gasteiger partial charge is 0.257 e. The van der Waals surface area contributed by atoms with Crippen LogP contribution >= 0.6 is 0 Å². The lowest BCUT2D eigenvalue weighted by atomic mass is 10.4. The van der Waals surface area contributed by atoms with Crippen LogP contribution in [0.1, 0.15) is 20.3 Å². The van der Waals surface area contributed by atoms with Gasteiger partial charge in [-0.2, -0.15) is 20.1 Å². The minimum atomic E-state index is -0.137. The van der Waals surface area contributed by atoms with E-state index in [1.807, 2.05) is 6.92 Å². The van der Waals surface area contributed by atoms with Gasteiger partial charge in [0.1, 0.15) is 0 Å². The van der Waals surface area contributed by atoms with Gasteiger partial charge in [-0.3, -0.25) is 0 Å². The largest absolute Gasteiger partial charge is 0.394 e. The Hall–Kier alpha value is -2.22. The topological polar surface area (TPSA) is 101 Å². The van der Waals surface area contributed by atoms with Crippen molar-refractivity contribution in [2.75, 3.05) is 23.8 Å². The van der Waals surface area contributed by atoms with Gasteiger partial charge in [0.05, 0.1) is 6.61 Å². The Kier molecular flexibility index (Phi) is 4.83. The highest BCUT2D eigenvalue weighted by Crippen LogP contribution is 2.09. The lowest BCUT2D eigenvalue weighted by molar-refractivity contribution is 0.281. The maximum absolute atomic E-state index is 9.09. The van der Waals surface area contributed by atoms with Crippen LogP contribution in [-0.2, 0) is 0 Å². The van der Waals surface area contributed by atoms with Crippen molar-refractivity contribution in [2.45, 2.75) is 26.3 Å². The third kappa shape index (κ3) is 3.64. The fourth-order valence-corrected chi connectivity index (χ4v) is 1.50. The minimum Gasteiger partial charge on any atom is -0.394 e. The number of aliphatic hydroxyl groups excluding tert-OH is 1. The first kappa shape index (κ1) is 14.2. The van der Waals surface area contributed by atoms with E-state index in [2.05, 4.69) is 37.6 Å². The molecule has 8 nitrogen and oxygen atoms in total. The molecule has 8 heteroatoms. The third-order valence-electron chi connectivity index (χ3n) is 2.52. The van der Waals surface area contributed by atoms with Crippen molar-refractivity contribution in [3.05, 3.63) is 18.5 Å². The monoisotopic (exact) mass is 277 g/mol. The summed E-state index contributed by atoms with van der Waals surface area (Å²) >= 11 is 0. The van der Waals surface area contributed by atoms with Crippen LogP contribution in [0.3, 0.4) is 0 Å². The van der Waals surface area contributed by atoms with Gasteiger partial charge in [-0.15, -0.1) is 0 Å². The van der Waals surface area contributed by atoms with Gasteiger partial charge in [0.15, 0.2) is 0 Å². The predicted octanol–water partition coefficient (Wildman–Crippen LogP) is 0.672. The highest BCUT2D eigenvalue weighted by molar-refractivity contribution is 5.38. The minimum absolute atomic E-state index is 0.000504. The van der Waals surface area contributed by atoms with Gasteiger partial charge in [-0.1, -0.05) is 6.92 Å². The Balaban J connectivity index is 2.28. The number of hydrogen-bond acceptors (Lipinski definition) is 7. The second kappa shape index (κ2) is 6.80. The molecule has 0 amide bonds. The first-order chi connectivity index (χ1) is 9.72. The molecule has 0 aromatic carbocycles. The van der Waals surface area contributed by atoms with Gasteiger partial charge >= 0.3 is 0 Å². The summed E-state index contributed by atoms with van der Waals surface area (Å²) in [4.78, 5) is 12.9. The van der Waals surface area contributed by atoms with Crippen molar-refractivity contribution in [3.8, 4) is 5.95 Å². The highest BCUT2D eigenvalue weighted by atomic mass is 16.3. The van der Waals surface area contributed by atoms with E-state index in [9.17, 15) is 0 Å². The zero-order chi connectivity index (χ0) is 14.4. The average Bonchev–Trinajstić information content (AvgIpc) is 2.99. The van der Waals surface area contributed by atoms with E-state index in [0.29, 0.717) is 17.8 Å². The molecule has 2 aromatic heterocycles. The van der Waals surface area contributed by atoms with E-state index < -0.39 is 0 Å². The zero-order valence-electron chi connectivity index (χ0n) is 11.6. The first-order valence-corrected chi connectivity index (χ1v) is 6.60. The zero-order valence-corrected chi connectivity index (χ0v) is 11.6. The highest BCUT2D eigenvalue weighted by Gasteiger charge is 2.10. The number of nitrogens with zero attached hydrogens (tertiary/aromatic N) is 5. The van der Waals surface area contributed by atoms with E-state index in [0.717, 1.165) is 13.0 Å². The van der Waals surface area contributed by atoms with E-state index in [4.69, 9.17) is 5.11 Å². The van der Waals surface area contributed by atoms with Crippen LogP contribution in [0.15, 0.2) is 18.5 Å². The fourth-order valence-electron chi connectivity index (χ4n) is 1.50. The van der Waals surface area contributed by atoms with Gasteiger partial charge in [-0.25, -0.2) is 4.68 Å². The summed E-state index contributed by atoms with van der Waals surface area (Å²) in [7, 11) is 0. The molecular weight excluding hydrogens is 258 g/mol. The second-order valence-corrected chi connectivity index (χ2v) is 4.39. The van der Waals surface area contributed by atoms with E-state index in [1.165, 1.54) is 0 Å². The van der Waals surface area contributed by atoms with Crippen LogP contribution in [0.25, 0.3) is 5.95 Å².